The van der Waals surface area contributed by atoms with E-state index in [0.29, 0.717) is 24.4 Å². The molecule has 1 unspecified atom stereocenters. The van der Waals surface area contributed by atoms with Crippen LogP contribution in [0.25, 0.3) is 0 Å². The topological polar surface area (TPSA) is 80.5 Å². The molecule has 0 amide bonds. The molecular weight excluding hydrogens is 336 g/mol. The van der Waals surface area contributed by atoms with Gasteiger partial charge in [0, 0.05) is 36.9 Å². The van der Waals surface area contributed by atoms with Crippen LogP contribution in [0.5, 0.6) is 0 Å². The molecule has 1 atom stereocenters. The molecule has 1 aromatic rings. The summed E-state index contributed by atoms with van der Waals surface area (Å²) in [5.41, 5.74) is 0.531. The van der Waals surface area contributed by atoms with Gasteiger partial charge in [0.2, 0.25) is 0 Å². The van der Waals surface area contributed by atoms with Crippen LogP contribution in [-0.2, 0) is 16.4 Å². The zero-order chi connectivity index (χ0) is 15.6. The van der Waals surface area contributed by atoms with Crippen molar-refractivity contribution >= 4 is 38.9 Å². The van der Waals surface area contributed by atoms with Gasteiger partial charge in [0.25, 0.3) is 5.69 Å². The van der Waals surface area contributed by atoms with Gasteiger partial charge in [0.05, 0.1) is 4.92 Å². The highest BCUT2D eigenvalue weighted by Crippen LogP contribution is 2.27. The van der Waals surface area contributed by atoms with E-state index in [4.69, 9.17) is 11.6 Å². The molecule has 9 heteroatoms. The van der Waals surface area contributed by atoms with E-state index in [1.165, 1.54) is 18.4 Å². The molecule has 0 N–H and O–H groups in total. The van der Waals surface area contributed by atoms with Crippen molar-refractivity contribution in [3.8, 4) is 0 Å². The van der Waals surface area contributed by atoms with Crippen LogP contribution in [0.1, 0.15) is 5.56 Å². The molecule has 21 heavy (non-hydrogen) atoms. The average molecular weight is 351 g/mol. The lowest BCUT2D eigenvalue weighted by Gasteiger charge is -2.33. The molecule has 1 aromatic carbocycles. The highest BCUT2D eigenvalue weighted by molar-refractivity contribution is 8.00. The van der Waals surface area contributed by atoms with E-state index in [0.717, 1.165) is 5.75 Å². The number of benzene rings is 1. The van der Waals surface area contributed by atoms with E-state index in [2.05, 4.69) is 0 Å². The Morgan fingerprint density at radius 1 is 1.52 bits per heavy atom. The SMILES string of the molecule is CS(=O)(=O)C1CSCCN1Cc1ccc(Cl)c([N+](=O)[O-])c1. The van der Waals surface area contributed by atoms with Crippen molar-refractivity contribution in [3.63, 3.8) is 0 Å². The molecule has 1 saturated heterocycles. The first kappa shape index (κ1) is 16.5. The number of nitro groups is 1. The third-order valence-corrected chi connectivity index (χ3v) is 6.28. The van der Waals surface area contributed by atoms with E-state index in [-0.39, 0.29) is 10.7 Å². The fourth-order valence-corrected chi connectivity index (χ4v) is 5.35. The molecule has 1 fully saturated rings. The van der Waals surface area contributed by atoms with E-state index >= 15 is 0 Å². The maximum absolute atomic E-state index is 11.8. The fraction of sp³-hybridized carbons (Fsp3) is 0.500. The van der Waals surface area contributed by atoms with Gasteiger partial charge in [-0.2, -0.15) is 11.8 Å². The Morgan fingerprint density at radius 2 is 2.24 bits per heavy atom. The third kappa shape index (κ3) is 4.09. The Labute approximate surface area is 132 Å². The third-order valence-electron chi connectivity index (χ3n) is 3.28. The van der Waals surface area contributed by atoms with Crippen LogP contribution in [0, 0.1) is 10.1 Å². The summed E-state index contributed by atoms with van der Waals surface area (Å²) in [6.45, 7) is 0.995. The van der Waals surface area contributed by atoms with Crippen LogP contribution in [0.2, 0.25) is 5.02 Å². The van der Waals surface area contributed by atoms with Crippen LogP contribution in [-0.4, -0.2) is 47.9 Å². The lowest BCUT2D eigenvalue weighted by atomic mass is 10.2. The number of hydrogen-bond acceptors (Lipinski definition) is 6. The first-order chi connectivity index (χ1) is 9.79. The van der Waals surface area contributed by atoms with Crippen molar-refractivity contribution in [1.82, 2.24) is 4.90 Å². The Morgan fingerprint density at radius 3 is 2.86 bits per heavy atom. The highest BCUT2D eigenvalue weighted by Gasteiger charge is 2.31. The maximum atomic E-state index is 11.8. The average Bonchev–Trinajstić information content (AvgIpc) is 2.40. The van der Waals surface area contributed by atoms with E-state index in [9.17, 15) is 18.5 Å². The van der Waals surface area contributed by atoms with Crippen molar-refractivity contribution in [1.29, 1.82) is 0 Å². The molecule has 0 aliphatic carbocycles. The molecule has 1 aliphatic heterocycles. The van der Waals surface area contributed by atoms with Crippen LogP contribution in [0.3, 0.4) is 0 Å². The minimum Gasteiger partial charge on any atom is -0.281 e. The van der Waals surface area contributed by atoms with Gasteiger partial charge in [-0.15, -0.1) is 0 Å². The fourth-order valence-electron chi connectivity index (χ4n) is 2.22. The second kappa shape index (κ2) is 6.51. The van der Waals surface area contributed by atoms with Gasteiger partial charge in [0.15, 0.2) is 9.84 Å². The van der Waals surface area contributed by atoms with Crippen molar-refractivity contribution in [2.24, 2.45) is 0 Å². The molecule has 1 aliphatic rings. The van der Waals surface area contributed by atoms with Crippen LogP contribution in [0.15, 0.2) is 18.2 Å². The van der Waals surface area contributed by atoms with Gasteiger partial charge < -0.3 is 0 Å². The monoisotopic (exact) mass is 350 g/mol. The van der Waals surface area contributed by atoms with E-state index in [1.807, 2.05) is 4.90 Å². The summed E-state index contributed by atoms with van der Waals surface area (Å²) in [4.78, 5) is 12.2. The molecule has 0 spiro atoms. The van der Waals surface area contributed by atoms with Gasteiger partial charge in [-0.05, 0) is 11.6 Å². The Bertz CT molecular complexity index is 651. The molecule has 1 heterocycles. The van der Waals surface area contributed by atoms with Crippen LogP contribution < -0.4 is 0 Å². The second-order valence-electron chi connectivity index (χ2n) is 4.87. The molecule has 6 nitrogen and oxygen atoms in total. The minimum absolute atomic E-state index is 0.0811. The van der Waals surface area contributed by atoms with Gasteiger partial charge in [-0.25, -0.2) is 8.42 Å². The number of hydrogen-bond donors (Lipinski definition) is 0. The summed E-state index contributed by atoms with van der Waals surface area (Å²) < 4.78 is 23.7. The highest BCUT2D eigenvalue weighted by atomic mass is 35.5. The summed E-state index contributed by atoms with van der Waals surface area (Å²) >= 11 is 7.39. The molecule has 0 bridgehead atoms. The van der Waals surface area contributed by atoms with E-state index < -0.39 is 20.1 Å². The summed E-state index contributed by atoms with van der Waals surface area (Å²) in [5.74, 6) is 1.37. The van der Waals surface area contributed by atoms with Gasteiger partial charge >= 0.3 is 0 Å². The molecule has 0 radical (unpaired) electrons. The molecule has 2 rings (SSSR count). The lowest BCUT2D eigenvalue weighted by molar-refractivity contribution is -0.384. The largest absolute Gasteiger partial charge is 0.288 e. The normalized spacial score (nSPS) is 20.4. The summed E-state index contributed by atoms with van der Waals surface area (Å²) in [6, 6.07) is 4.57. The summed E-state index contributed by atoms with van der Waals surface area (Å²) in [7, 11) is -3.18. The smallest absolute Gasteiger partial charge is 0.281 e. The first-order valence-corrected chi connectivity index (χ1v) is 9.71. The number of nitro benzene ring substituents is 1. The Balaban J connectivity index is 2.24. The maximum Gasteiger partial charge on any atom is 0.288 e. The minimum atomic E-state index is -3.18. The number of thioether (sulfide) groups is 1. The number of halogens is 1. The quantitative estimate of drug-likeness (QED) is 0.611. The number of sulfone groups is 1. The zero-order valence-corrected chi connectivity index (χ0v) is 13.7. The second-order valence-corrected chi connectivity index (χ2v) is 8.63. The Hall–Kier alpha value is -0.830. The van der Waals surface area contributed by atoms with E-state index in [1.54, 1.807) is 17.8 Å². The van der Waals surface area contributed by atoms with Gasteiger partial charge in [-0.1, -0.05) is 17.7 Å². The summed E-state index contributed by atoms with van der Waals surface area (Å²) in [6.07, 6.45) is 1.22. The molecular formula is C12H15ClN2O4S2. The first-order valence-electron chi connectivity index (χ1n) is 6.22. The predicted octanol–water partition coefficient (Wildman–Crippen LogP) is 2.17. The van der Waals surface area contributed by atoms with Crippen molar-refractivity contribution in [2.75, 3.05) is 24.3 Å². The zero-order valence-electron chi connectivity index (χ0n) is 11.4. The van der Waals surface area contributed by atoms with Crippen molar-refractivity contribution in [3.05, 3.63) is 38.9 Å². The Kier molecular flexibility index (Phi) is 5.13. The molecule has 0 saturated carbocycles. The molecule has 116 valence electrons. The molecule has 0 aromatic heterocycles. The van der Waals surface area contributed by atoms with Crippen LogP contribution in [0.4, 0.5) is 5.69 Å². The number of rotatable bonds is 4. The van der Waals surface area contributed by atoms with Crippen molar-refractivity contribution in [2.45, 2.75) is 11.9 Å². The number of nitrogens with zero attached hydrogens (tertiary/aromatic N) is 2. The van der Waals surface area contributed by atoms with Gasteiger partial charge in [-0.3, -0.25) is 15.0 Å². The van der Waals surface area contributed by atoms with Crippen molar-refractivity contribution < 1.29 is 13.3 Å². The standard InChI is InChI=1S/C12H15ClN2O4S2/c1-21(18,19)12-8-20-5-4-14(12)7-9-2-3-10(13)11(6-9)15(16)17/h2-3,6,12H,4-5,7-8H2,1H3. The predicted molar refractivity (Wildman–Crippen MR) is 84.5 cm³/mol. The van der Waals surface area contributed by atoms with Gasteiger partial charge in [0.1, 0.15) is 10.4 Å². The van der Waals surface area contributed by atoms with Crippen LogP contribution >= 0.6 is 23.4 Å². The summed E-state index contributed by atoms with van der Waals surface area (Å²) in [5, 5.41) is 10.4. The lowest BCUT2D eigenvalue weighted by Crippen LogP contribution is -2.46.